The van der Waals surface area contributed by atoms with Crippen molar-refractivity contribution >= 4 is 18.3 Å². The first kappa shape index (κ1) is 18.7. The van der Waals surface area contributed by atoms with Gasteiger partial charge < -0.3 is 20.3 Å². The Morgan fingerprint density at radius 1 is 1.32 bits per heavy atom. The van der Waals surface area contributed by atoms with Gasteiger partial charge in [-0.25, -0.2) is 0 Å². The number of amides is 1. The first-order valence-electron chi connectivity index (χ1n) is 7.68. The van der Waals surface area contributed by atoms with Crippen molar-refractivity contribution in [2.75, 3.05) is 39.3 Å². The number of carbonyl (C=O) groups excluding carboxylic acids is 1. The second-order valence-electron chi connectivity index (χ2n) is 5.31. The van der Waals surface area contributed by atoms with Crippen LogP contribution in [0.4, 0.5) is 0 Å². The summed E-state index contributed by atoms with van der Waals surface area (Å²) in [5.74, 6) is 0.667. The van der Waals surface area contributed by atoms with E-state index in [9.17, 15) is 4.79 Å². The molecule has 0 aromatic heterocycles. The Labute approximate surface area is 138 Å². The van der Waals surface area contributed by atoms with Crippen molar-refractivity contribution in [1.82, 2.24) is 15.5 Å². The van der Waals surface area contributed by atoms with Gasteiger partial charge in [0.15, 0.2) is 6.10 Å². The Morgan fingerprint density at radius 3 is 2.68 bits per heavy atom. The minimum atomic E-state index is -0.466. The van der Waals surface area contributed by atoms with Gasteiger partial charge in [0.2, 0.25) is 0 Å². The Balaban J connectivity index is 0.00000242. The Hall–Kier alpha value is -1.30. The quantitative estimate of drug-likeness (QED) is 0.741. The number of hydrogen-bond acceptors (Lipinski definition) is 4. The molecule has 1 saturated heterocycles. The molecule has 6 heteroatoms. The lowest BCUT2D eigenvalue weighted by molar-refractivity contribution is -0.127. The summed E-state index contributed by atoms with van der Waals surface area (Å²) in [4.78, 5) is 14.4. The zero-order valence-electron chi connectivity index (χ0n) is 13.1. The standard InChI is InChI=1S/C16H25N3O2.ClH/c1-14(21-15-6-3-2-4-7-15)16(20)18-8-5-11-19-12-9-17-10-13-19;/h2-4,6-7,14,17H,5,8-13H2,1H3,(H,18,20);1H. The molecule has 1 aromatic carbocycles. The summed E-state index contributed by atoms with van der Waals surface area (Å²) in [6.07, 6.45) is 0.510. The number of benzene rings is 1. The zero-order chi connectivity index (χ0) is 14.9. The predicted octanol–water partition coefficient (Wildman–Crippen LogP) is 1.29. The van der Waals surface area contributed by atoms with Gasteiger partial charge in [-0.15, -0.1) is 12.4 Å². The number of hydrogen-bond donors (Lipinski definition) is 2. The maximum atomic E-state index is 11.9. The molecule has 2 N–H and O–H groups in total. The van der Waals surface area contributed by atoms with Gasteiger partial charge in [-0.1, -0.05) is 18.2 Å². The molecule has 1 aliphatic rings. The smallest absolute Gasteiger partial charge is 0.260 e. The van der Waals surface area contributed by atoms with E-state index in [0.29, 0.717) is 6.54 Å². The molecular formula is C16H26ClN3O2. The van der Waals surface area contributed by atoms with Crippen LogP contribution in [0.3, 0.4) is 0 Å². The van der Waals surface area contributed by atoms with Crippen LogP contribution in [-0.4, -0.2) is 56.2 Å². The lowest BCUT2D eigenvalue weighted by Gasteiger charge is -2.27. The summed E-state index contributed by atoms with van der Waals surface area (Å²) in [6, 6.07) is 9.43. The zero-order valence-corrected chi connectivity index (χ0v) is 13.9. The van der Waals surface area contributed by atoms with Gasteiger partial charge in [0.25, 0.3) is 5.91 Å². The highest BCUT2D eigenvalue weighted by Crippen LogP contribution is 2.10. The van der Waals surface area contributed by atoms with Crippen LogP contribution in [0, 0.1) is 0 Å². The van der Waals surface area contributed by atoms with E-state index in [0.717, 1.165) is 44.9 Å². The molecule has 0 saturated carbocycles. The summed E-state index contributed by atoms with van der Waals surface area (Å²) in [5.41, 5.74) is 0. The molecule has 1 unspecified atom stereocenters. The van der Waals surface area contributed by atoms with Crippen molar-refractivity contribution in [2.45, 2.75) is 19.4 Å². The summed E-state index contributed by atoms with van der Waals surface area (Å²) in [6.45, 7) is 7.84. The molecular weight excluding hydrogens is 302 g/mol. The number of rotatable bonds is 7. The number of para-hydroxylation sites is 1. The van der Waals surface area contributed by atoms with Gasteiger partial charge in [0.05, 0.1) is 0 Å². The van der Waals surface area contributed by atoms with E-state index in [1.54, 1.807) is 6.92 Å². The predicted molar refractivity (Wildman–Crippen MR) is 90.7 cm³/mol. The first-order chi connectivity index (χ1) is 10.3. The van der Waals surface area contributed by atoms with E-state index in [4.69, 9.17) is 4.74 Å². The largest absolute Gasteiger partial charge is 0.481 e. The normalized spacial score (nSPS) is 16.4. The van der Waals surface area contributed by atoms with Crippen molar-refractivity contribution in [3.63, 3.8) is 0 Å². The van der Waals surface area contributed by atoms with Gasteiger partial charge in [-0.3, -0.25) is 4.79 Å². The molecule has 5 nitrogen and oxygen atoms in total. The van der Waals surface area contributed by atoms with Crippen LogP contribution in [-0.2, 0) is 4.79 Å². The van der Waals surface area contributed by atoms with Crippen molar-refractivity contribution < 1.29 is 9.53 Å². The molecule has 0 aliphatic carbocycles. The van der Waals surface area contributed by atoms with Crippen molar-refractivity contribution in [2.24, 2.45) is 0 Å². The molecule has 1 atom stereocenters. The molecule has 124 valence electrons. The third-order valence-electron chi connectivity index (χ3n) is 3.59. The molecule has 2 rings (SSSR count). The fourth-order valence-electron chi connectivity index (χ4n) is 2.35. The van der Waals surface area contributed by atoms with Crippen LogP contribution in [0.15, 0.2) is 30.3 Å². The minimum Gasteiger partial charge on any atom is -0.481 e. The van der Waals surface area contributed by atoms with Crippen LogP contribution in [0.25, 0.3) is 0 Å². The maximum absolute atomic E-state index is 11.9. The Bertz CT molecular complexity index is 425. The van der Waals surface area contributed by atoms with Crippen LogP contribution >= 0.6 is 12.4 Å². The molecule has 1 heterocycles. The number of nitrogens with one attached hydrogen (secondary N) is 2. The fourth-order valence-corrected chi connectivity index (χ4v) is 2.35. The van der Waals surface area contributed by atoms with Gasteiger partial charge in [0, 0.05) is 32.7 Å². The number of nitrogens with zero attached hydrogens (tertiary/aromatic N) is 1. The lowest BCUT2D eigenvalue weighted by Crippen LogP contribution is -2.44. The minimum absolute atomic E-state index is 0. The molecule has 22 heavy (non-hydrogen) atoms. The van der Waals surface area contributed by atoms with Crippen LogP contribution in [0.5, 0.6) is 5.75 Å². The number of piperazine rings is 1. The van der Waals surface area contributed by atoms with Crippen LogP contribution in [0.1, 0.15) is 13.3 Å². The van der Waals surface area contributed by atoms with E-state index < -0.39 is 6.10 Å². The van der Waals surface area contributed by atoms with Gasteiger partial charge in [0.1, 0.15) is 5.75 Å². The fraction of sp³-hybridized carbons (Fsp3) is 0.562. The molecule has 1 fully saturated rings. The Kier molecular flexibility index (Phi) is 8.89. The van der Waals surface area contributed by atoms with Crippen LogP contribution in [0.2, 0.25) is 0 Å². The van der Waals surface area contributed by atoms with Gasteiger partial charge in [-0.05, 0) is 32.0 Å². The molecule has 1 amide bonds. The summed E-state index contributed by atoms with van der Waals surface area (Å²) in [7, 11) is 0. The number of halogens is 1. The SMILES string of the molecule is CC(Oc1ccccc1)C(=O)NCCCN1CCNCC1.Cl. The molecule has 0 bridgehead atoms. The summed E-state index contributed by atoms with van der Waals surface area (Å²) in [5, 5.41) is 6.27. The number of carbonyl (C=O) groups is 1. The highest BCUT2D eigenvalue weighted by molar-refractivity contribution is 5.85. The summed E-state index contributed by atoms with van der Waals surface area (Å²) >= 11 is 0. The van der Waals surface area contributed by atoms with E-state index in [-0.39, 0.29) is 18.3 Å². The van der Waals surface area contributed by atoms with E-state index in [1.165, 1.54) is 0 Å². The maximum Gasteiger partial charge on any atom is 0.260 e. The lowest BCUT2D eigenvalue weighted by atomic mass is 10.3. The second-order valence-corrected chi connectivity index (χ2v) is 5.31. The molecule has 0 radical (unpaired) electrons. The molecule has 1 aliphatic heterocycles. The average Bonchev–Trinajstić information content (AvgIpc) is 2.53. The summed E-state index contributed by atoms with van der Waals surface area (Å²) < 4.78 is 5.59. The van der Waals surface area contributed by atoms with Gasteiger partial charge in [-0.2, -0.15) is 0 Å². The molecule has 0 spiro atoms. The van der Waals surface area contributed by atoms with Crippen molar-refractivity contribution in [3.8, 4) is 5.75 Å². The van der Waals surface area contributed by atoms with Crippen molar-refractivity contribution in [1.29, 1.82) is 0 Å². The topological polar surface area (TPSA) is 53.6 Å². The Morgan fingerprint density at radius 2 is 2.00 bits per heavy atom. The third-order valence-corrected chi connectivity index (χ3v) is 3.59. The molecule has 1 aromatic rings. The highest BCUT2D eigenvalue weighted by Gasteiger charge is 2.14. The van der Waals surface area contributed by atoms with Gasteiger partial charge >= 0.3 is 0 Å². The second kappa shape index (κ2) is 10.4. The van der Waals surface area contributed by atoms with E-state index in [1.807, 2.05) is 30.3 Å². The van der Waals surface area contributed by atoms with Crippen LogP contribution < -0.4 is 15.4 Å². The number of ether oxygens (including phenoxy) is 1. The highest BCUT2D eigenvalue weighted by atomic mass is 35.5. The third kappa shape index (κ3) is 6.64. The first-order valence-corrected chi connectivity index (χ1v) is 7.68. The van der Waals surface area contributed by atoms with Crippen molar-refractivity contribution in [3.05, 3.63) is 30.3 Å². The van der Waals surface area contributed by atoms with E-state index in [2.05, 4.69) is 15.5 Å². The van der Waals surface area contributed by atoms with E-state index >= 15 is 0 Å². The monoisotopic (exact) mass is 327 g/mol. The average molecular weight is 328 g/mol.